The monoisotopic (exact) mass is 204 g/mol. The average molecular weight is 204 g/mol. The molecule has 0 saturated heterocycles. The number of hydrogen-bond donors (Lipinski definition) is 0. The van der Waals surface area contributed by atoms with Crippen molar-refractivity contribution >= 4 is 0 Å². The van der Waals surface area contributed by atoms with Crippen molar-refractivity contribution in [2.24, 2.45) is 0 Å². The first-order valence-electron chi connectivity index (χ1n) is 4.79. The van der Waals surface area contributed by atoms with Crippen molar-refractivity contribution in [3.8, 4) is 17.2 Å². The summed E-state index contributed by atoms with van der Waals surface area (Å²) >= 11 is 0. The van der Waals surface area contributed by atoms with Gasteiger partial charge in [-0.2, -0.15) is 0 Å². The van der Waals surface area contributed by atoms with E-state index in [1.54, 1.807) is 0 Å². The van der Waals surface area contributed by atoms with E-state index < -0.39 is 0 Å². The zero-order valence-corrected chi connectivity index (χ0v) is 8.68. The van der Waals surface area contributed by atoms with Crippen LogP contribution >= 0.6 is 0 Å². The van der Waals surface area contributed by atoms with Gasteiger partial charge in [0.15, 0.2) is 0 Å². The van der Waals surface area contributed by atoms with Crippen LogP contribution in [0.25, 0.3) is 11.5 Å². The van der Waals surface area contributed by atoms with Gasteiger partial charge in [-0.3, -0.25) is 0 Å². The quantitative estimate of drug-likeness (QED) is 0.770. The van der Waals surface area contributed by atoms with Gasteiger partial charge in [0.05, 0.1) is 6.10 Å². The van der Waals surface area contributed by atoms with E-state index >= 15 is 0 Å². The number of nitrogens with zero attached hydrogens (tertiary/aromatic N) is 2. The summed E-state index contributed by atoms with van der Waals surface area (Å²) in [5.74, 6) is 1.36. The van der Waals surface area contributed by atoms with Gasteiger partial charge in [-0.05, 0) is 38.1 Å². The standard InChI is InChI=1S/C11H12N2O2/c1-8(2)15-10-5-3-9(4-6-10)11-13-12-7-14-11/h3-8H,1-2H3. The highest BCUT2D eigenvalue weighted by molar-refractivity contribution is 5.53. The van der Waals surface area contributed by atoms with Crippen LogP contribution in [0.2, 0.25) is 0 Å². The van der Waals surface area contributed by atoms with E-state index in [-0.39, 0.29) is 6.10 Å². The molecule has 0 spiro atoms. The largest absolute Gasteiger partial charge is 0.491 e. The Morgan fingerprint density at radius 1 is 1.20 bits per heavy atom. The molecule has 0 bridgehead atoms. The highest BCUT2D eigenvalue weighted by atomic mass is 16.5. The Morgan fingerprint density at radius 3 is 2.47 bits per heavy atom. The van der Waals surface area contributed by atoms with Crippen LogP contribution in [0.1, 0.15) is 13.8 Å². The molecule has 0 atom stereocenters. The van der Waals surface area contributed by atoms with E-state index in [4.69, 9.17) is 9.15 Å². The number of hydrogen-bond acceptors (Lipinski definition) is 4. The molecule has 0 unspecified atom stereocenters. The van der Waals surface area contributed by atoms with Crippen LogP contribution < -0.4 is 4.74 Å². The first-order valence-corrected chi connectivity index (χ1v) is 4.79. The maximum atomic E-state index is 5.52. The Hall–Kier alpha value is -1.84. The van der Waals surface area contributed by atoms with E-state index in [9.17, 15) is 0 Å². The Kier molecular flexibility index (Phi) is 2.67. The van der Waals surface area contributed by atoms with E-state index in [1.165, 1.54) is 6.39 Å². The van der Waals surface area contributed by atoms with Crippen molar-refractivity contribution < 1.29 is 9.15 Å². The van der Waals surface area contributed by atoms with Gasteiger partial charge in [-0.25, -0.2) is 0 Å². The molecule has 0 N–H and O–H groups in total. The van der Waals surface area contributed by atoms with Crippen molar-refractivity contribution in [3.63, 3.8) is 0 Å². The summed E-state index contributed by atoms with van der Waals surface area (Å²) in [6.45, 7) is 3.98. The van der Waals surface area contributed by atoms with E-state index in [0.29, 0.717) is 5.89 Å². The highest BCUT2D eigenvalue weighted by Gasteiger charge is 2.03. The van der Waals surface area contributed by atoms with Gasteiger partial charge >= 0.3 is 0 Å². The van der Waals surface area contributed by atoms with Gasteiger partial charge in [0, 0.05) is 5.56 Å². The van der Waals surface area contributed by atoms with Crippen LogP contribution in [0.5, 0.6) is 5.75 Å². The number of rotatable bonds is 3. The second-order valence-corrected chi connectivity index (χ2v) is 3.43. The van der Waals surface area contributed by atoms with Crippen molar-refractivity contribution in [2.45, 2.75) is 20.0 Å². The van der Waals surface area contributed by atoms with Crippen LogP contribution in [0.4, 0.5) is 0 Å². The third-order valence-corrected chi connectivity index (χ3v) is 1.83. The number of benzene rings is 1. The lowest BCUT2D eigenvalue weighted by Crippen LogP contribution is -2.05. The molecule has 4 heteroatoms. The van der Waals surface area contributed by atoms with E-state index in [2.05, 4.69) is 10.2 Å². The minimum atomic E-state index is 0.180. The van der Waals surface area contributed by atoms with Crippen LogP contribution in [-0.4, -0.2) is 16.3 Å². The fourth-order valence-electron chi connectivity index (χ4n) is 1.25. The summed E-state index contributed by atoms with van der Waals surface area (Å²) in [6.07, 6.45) is 1.49. The molecule has 2 aromatic rings. The van der Waals surface area contributed by atoms with Gasteiger partial charge in [0.2, 0.25) is 12.3 Å². The van der Waals surface area contributed by atoms with Crippen molar-refractivity contribution in [1.29, 1.82) is 0 Å². The average Bonchev–Trinajstić information content (AvgIpc) is 2.71. The molecule has 15 heavy (non-hydrogen) atoms. The first-order chi connectivity index (χ1) is 7.25. The highest BCUT2D eigenvalue weighted by Crippen LogP contribution is 2.20. The third-order valence-electron chi connectivity index (χ3n) is 1.83. The summed E-state index contributed by atoms with van der Waals surface area (Å²) < 4.78 is 10.6. The lowest BCUT2D eigenvalue weighted by Gasteiger charge is -2.09. The second-order valence-electron chi connectivity index (χ2n) is 3.43. The molecule has 0 aliphatic heterocycles. The number of aromatic nitrogens is 2. The molecule has 78 valence electrons. The summed E-state index contributed by atoms with van der Waals surface area (Å²) in [6, 6.07) is 7.56. The lowest BCUT2D eigenvalue weighted by molar-refractivity contribution is 0.242. The molecule has 0 aliphatic rings. The SMILES string of the molecule is CC(C)Oc1ccc(-c2nnco2)cc1. The predicted molar refractivity (Wildman–Crippen MR) is 55.5 cm³/mol. The molecular formula is C11H12N2O2. The van der Waals surface area contributed by atoms with Crippen LogP contribution in [0.15, 0.2) is 35.1 Å². The van der Waals surface area contributed by atoms with Gasteiger partial charge in [-0.15, -0.1) is 10.2 Å². The summed E-state index contributed by atoms with van der Waals surface area (Å²) in [5, 5.41) is 7.44. The van der Waals surface area contributed by atoms with Gasteiger partial charge in [0.25, 0.3) is 0 Å². The van der Waals surface area contributed by atoms with Crippen LogP contribution in [0.3, 0.4) is 0 Å². The molecule has 1 aromatic carbocycles. The summed E-state index contributed by atoms with van der Waals surface area (Å²) in [7, 11) is 0. The zero-order valence-electron chi connectivity index (χ0n) is 8.68. The first kappa shape index (κ1) is 9.71. The fourth-order valence-corrected chi connectivity index (χ4v) is 1.25. The molecule has 0 fully saturated rings. The zero-order chi connectivity index (χ0) is 10.7. The molecule has 2 rings (SSSR count). The fraction of sp³-hybridized carbons (Fsp3) is 0.273. The van der Waals surface area contributed by atoms with Gasteiger partial charge in [-0.1, -0.05) is 0 Å². The molecule has 0 amide bonds. The van der Waals surface area contributed by atoms with Crippen molar-refractivity contribution in [2.75, 3.05) is 0 Å². The lowest BCUT2D eigenvalue weighted by atomic mass is 10.2. The van der Waals surface area contributed by atoms with E-state index in [1.807, 2.05) is 38.1 Å². The molecule has 4 nitrogen and oxygen atoms in total. The Labute approximate surface area is 87.9 Å². The Balaban J connectivity index is 2.17. The molecular weight excluding hydrogens is 192 g/mol. The maximum absolute atomic E-state index is 5.52. The summed E-state index contributed by atoms with van der Waals surface area (Å²) in [4.78, 5) is 0. The maximum Gasteiger partial charge on any atom is 0.247 e. The molecule has 1 aromatic heterocycles. The predicted octanol–water partition coefficient (Wildman–Crippen LogP) is 2.52. The van der Waals surface area contributed by atoms with Gasteiger partial charge in [0.1, 0.15) is 5.75 Å². The third kappa shape index (κ3) is 2.34. The Bertz CT molecular complexity index is 407. The topological polar surface area (TPSA) is 48.2 Å². The minimum Gasteiger partial charge on any atom is -0.491 e. The molecule has 0 radical (unpaired) electrons. The smallest absolute Gasteiger partial charge is 0.247 e. The van der Waals surface area contributed by atoms with Crippen LogP contribution in [0, 0.1) is 0 Å². The summed E-state index contributed by atoms with van der Waals surface area (Å²) in [5.41, 5.74) is 0.892. The van der Waals surface area contributed by atoms with Crippen molar-refractivity contribution in [1.82, 2.24) is 10.2 Å². The normalized spacial score (nSPS) is 10.6. The molecule has 1 heterocycles. The molecule has 0 aliphatic carbocycles. The van der Waals surface area contributed by atoms with Crippen molar-refractivity contribution in [3.05, 3.63) is 30.7 Å². The van der Waals surface area contributed by atoms with Crippen LogP contribution in [-0.2, 0) is 0 Å². The minimum absolute atomic E-state index is 0.180. The van der Waals surface area contributed by atoms with E-state index in [0.717, 1.165) is 11.3 Å². The van der Waals surface area contributed by atoms with Gasteiger partial charge < -0.3 is 9.15 Å². The Morgan fingerprint density at radius 2 is 1.93 bits per heavy atom. The molecule has 0 saturated carbocycles. The number of ether oxygens (including phenoxy) is 1. The second kappa shape index (κ2) is 4.13.